The molecule has 4 heteroatoms. The molecule has 0 saturated heterocycles. The number of hydrogen-bond acceptors (Lipinski definition) is 4. The highest BCUT2D eigenvalue weighted by Crippen LogP contribution is 2.39. The molecule has 3 rings (SSSR count). The molecular weight excluding hydrogens is 292 g/mol. The third-order valence-electron chi connectivity index (χ3n) is 3.28. The summed E-state index contributed by atoms with van der Waals surface area (Å²) in [6, 6.07) is 18.2. The van der Waals surface area contributed by atoms with Crippen LogP contribution in [0.5, 0.6) is 5.75 Å². The molecule has 3 nitrogen and oxygen atoms in total. The van der Waals surface area contributed by atoms with Crippen molar-refractivity contribution < 1.29 is 4.74 Å². The van der Waals surface area contributed by atoms with Gasteiger partial charge in [0.15, 0.2) is 0 Å². The van der Waals surface area contributed by atoms with Crippen LogP contribution in [0.15, 0.2) is 78.2 Å². The predicted octanol–water partition coefficient (Wildman–Crippen LogP) is 4.37. The zero-order chi connectivity index (χ0) is 15.2. The van der Waals surface area contributed by atoms with E-state index in [0.717, 1.165) is 16.3 Å². The van der Waals surface area contributed by atoms with E-state index < -0.39 is 0 Å². The molecule has 0 N–H and O–H groups in total. The summed E-state index contributed by atoms with van der Waals surface area (Å²) >= 11 is 1.72. The molecule has 0 aliphatic rings. The van der Waals surface area contributed by atoms with E-state index >= 15 is 0 Å². The summed E-state index contributed by atoms with van der Waals surface area (Å²) in [5.74, 6) is 0.858. The molecule has 0 fully saturated rings. The van der Waals surface area contributed by atoms with E-state index in [9.17, 15) is 0 Å². The molecule has 3 aromatic rings. The van der Waals surface area contributed by atoms with Crippen LogP contribution in [0.3, 0.4) is 0 Å². The van der Waals surface area contributed by atoms with Gasteiger partial charge in [-0.25, -0.2) is 4.98 Å². The second-order valence-electron chi connectivity index (χ2n) is 4.73. The third-order valence-corrected chi connectivity index (χ3v) is 4.55. The molecule has 0 spiro atoms. The minimum Gasteiger partial charge on any atom is -0.497 e. The standard InChI is InChI=1S/C18H16N2OS/c1-21-16-9-7-14(8-10-16)18(15-5-4-11-19-13-15)22-17-6-2-3-12-20-17/h2-13,18H,1H3. The first-order valence-electron chi connectivity index (χ1n) is 6.98. The van der Waals surface area contributed by atoms with Crippen LogP contribution in [0.2, 0.25) is 0 Å². The molecule has 110 valence electrons. The van der Waals surface area contributed by atoms with Crippen molar-refractivity contribution in [2.45, 2.75) is 10.3 Å². The maximum absolute atomic E-state index is 5.24. The van der Waals surface area contributed by atoms with Gasteiger partial charge < -0.3 is 4.74 Å². The van der Waals surface area contributed by atoms with Crippen LogP contribution in [0.1, 0.15) is 16.4 Å². The van der Waals surface area contributed by atoms with E-state index in [2.05, 4.69) is 28.2 Å². The lowest BCUT2D eigenvalue weighted by Crippen LogP contribution is -1.98. The van der Waals surface area contributed by atoms with Crippen molar-refractivity contribution in [3.05, 3.63) is 84.3 Å². The summed E-state index contributed by atoms with van der Waals surface area (Å²) < 4.78 is 5.24. The van der Waals surface area contributed by atoms with Gasteiger partial charge in [0.2, 0.25) is 0 Å². The Kier molecular flexibility index (Phi) is 4.71. The number of methoxy groups -OCH3 is 1. The molecule has 0 aliphatic carbocycles. The molecule has 2 aromatic heterocycles. The maximum atomic E-state index is 5.24. The number of ether oxygens (including phenoxy) is 1. The second-order valence-corrected chi connectivity index (χ2v) is 5.85. The molecule has 1 aromatic carbocycles. The lowest BCUT2D eigenvalue weighted by molar-refractivity contribution is 0.414. The summed E-state index contributed by atoms with van der Waals surface area (Å²) in [6.45, 7) is 0. The molecule has 0 bridgehead atoms. The van der Waals surface area contributed by atoms with Crippen LogP contribution in [0.4, 0.5) is 0 Å². The fraction of sp³-hybridized carbons (Fsp3) is 0.111. The molecule has 0 saturated carbocycles. The van der Waals surface area contributed by atoms with Crippen molar-refractivity contribution >= 4 is 11.8 Å². The quantitative estimate of drug-likeness (QED) is 0.656. The minimum atomic E-state index is 0.148. The van der Waals surface area contributed by atoms with Gasteiger partial charge in [-0.2, -0.15) is 0 Å². The summed E-state index contributed by atoms with van der Waals surface area (Å²) in [5.41, 5.74) is 2.35. The van der Waals surface area contributed by atoms with Gasteiger partial charge >= 0.3 is 0 Å². The van der Waals surface area contributed by atoms with Crippen LogP contribution < -0.4 is 4.74 Å². The van der Waals surface area contributed by atoms with Gasteiger partial charge in [0.1, 0.15) is 5.75 Å². The van der Waals surface area contributed by atoms with E-state index in [1.54, 1.807) is 25.1 Å². The van der Waals surface area contributed by atoms with Crippen LogP contribution in [0.25, 0.3) is 0 Å². The summed E-state index contributed by atoms with van der Waals surface area (Å²) in [7, 11) is 1.68. The first kappa shape index (κ1) is 14.6. The zero-order valence-corrected chi connectivity index (χ0v) is 13.0. The molecule has 1 atom stereocenters. The van der Waals surface area contributed by atoms with E-state index in [-0.39, 0.29) is 5.25 Å². The van der Waals surface area contributed by atoms with Gasteiger partial charge in [-0.05, 0) is 41.5 Å². The van der Waals surface area contributed by atoms with E-state index in [1.807, 2.05) is 48.8 Å². The van der Waals surface area contributed by atoms with Gasteiger partial charge in [0, 0.05) is 18.6 Å². The maximum Gasteiger partial charge on any atom is 0.118 e. The molecule has 0 aliphatic heterocycles. The molecule has 0 amide bonds. The number of nitrogens with zero attached hydrogens (tertiary/aromatic N) is 2. The van der Waals surface area contributed by atoms with Gasteiger partial charge in [0.05, 0.1) is 17.4 Å². The fourth-order valence-electron chi connectivity index (χ4n) is 2.18. The Balaban J connectivity index is 1.95. The van der Waals surface area contributed by atoms with Gasteiger partial charge in [-0.3, -0.25) is 4.98 Å². The third kappa shape index (κ3) is 3.46. The van der Waals surface area contributed by atoms with Crippen molar-refractivity contribution in [3.8, 4) is 5.75 Å². The Hall–Kier alpha value is -2.33. The summed E-state index contributed by atoms with van der Waals surface area (Å²) in [6.07, 6.45) is 5.52. The SMILES string of the molecule is COc1ccc(C(Sc2ccccn2)c2cccnc2)cc1. The zero-order valence-electron chi connectivity index (χ0n) is 12.2. The summed E-state index contributed by atoms with van der Waals surface area (Å²) in [5, 5.41) is 1.14. The Morgan fingerprint density at radius 2 is 1.77 bits per heavy atom. The highest BCUT2D eigenvalue weighted by atomic mass is 32.2. The molecule has 1 unspecified atom stereocenters. The molecule has 2 heterocycles. The van der Waals surface area contributed by atoms with Crippen LogP contribution in [-0.4, -0.2) is 17.1 Å². The van der Waals surface area contributed by atoms with Crippen molar-refractivity contribution in [2.24, 2.45) is 0 Å². The molecular formula is C18H16N2OS. The minimum absolute atomic E-state index is 0.148. The highest BCUT2D eigenvalue weighted by Gasteiger charge is 2.16. The van der Waals surface area contributed by atoms with Crippen LogP contribution >= 0.6 is 11.8 Å². The van der Waals surface area contributed by atoms with Crippen molar-refractivity contribution in [2.75, 3.05) is 7.11 Å². The lowest BCUT2D eigenvalue weighted by atomic mass is 10.1. The average Bonchev–Trinajstić information content (AvgIpc) is 2.61. The number of benzene rings is 1. The number of pyridine rings is 2. The van der Waals surface area contributed by atoms with E-state index in [0.29, 0.717) is 0 Å². The van der Waals surface area contributed by atoms with Crippen molar-refractivity contribution in [1.29, 1.82) is 0 Å². The number of aromatic nitrogens is 2. The monoisotopic (exact) mass is 308 g/mol. The number of thioether (sulfide) groups is 1. The molecule has 0 radical (unpaired) electrons. The van der Waals surface area contributed by atoms with Gasteiger partial charge in [-0.1, -0.05) is 36.0 Å². The van der Waals surface area contributed by atoms with Crippen molar-refractivity contribution in [3.63, 3.8) is 0 Å². The summed E-state index contributed by atoms with van der Waals surface area (Å²) in [4.78, 5) is 8.67. The van der Waals surface area contributed by atoms with Gasteiger partial charge in [-0.15, -0.1) is 0 Å². The normalized spacial score (nSPS) is 11.9. The van der Waals surface area contributed by atoms with Gasteiger partial charge in [0.25, 0.3) is 0 Å². The van der Waals surface area contributed by atoms with Crippen LogP contribution in [0, 0.1) is 0 Å². The Morgan fingerprint density at radius 1 is 0.909 bits per heavy atom. The first-order valence-corrected chi connectivity index (χ1v) is 7.86. The Labute approximate surface area is 134 Å². The second kappa shape index (κ2) is 7.09. The van der Waals surface area contributed by atoms with Crippen molar-refractivity contribution in [1.82, 2.24) is 9.97 Å². The Morgan fingerprint density at radius 3 is 2.41 bits per heavy atom. The largest absolute Gasteiger partial charge is 0.497 e. The predicted molar refractivity (Wildman–Crippen MR) is 89.2 cm³/mol. The Bertz CT molecular complexity index is 702. The van der Waals surface area contributed by atoms with E-state index in [1.165, 1.54) is 5.56 Å². The van der Waals surface area contributed by atoms with E-state index in [4.69, 9.17) is 4.74 Å². The number of hydrogen-bond donors (Lipinski definition) is 0. The topological polar surface area (TPSA) is 35.0 Å². The number of rotatable bonds is 5. The molecule has 22 heavy (non-hydrogen) atoms. The first-order chi connectivity index (χ1) is 10.9. The lowest BCUT2D eigenvalue weighted by Gasteiger charge is -2.17. The smallest absolute Gasteiger partial charge is 0.118 e. The fourth-order valence-corrected chi connectivity index (χ4v) is 3.26. The average molecular weight is 308 g/mol. The highest BCUT2D eigenvalue weighted by molar-refractivity contribution is 7.99. The van der Waals surface area contributed by atoms with Crippen LogP contribution in [-0.2, 0) is 0 Å².